The maximum absolute atomic E-state index is 5.45. The van der Waals surface area contributed by atoms with Crippen LogP contribution in [0.2, 0.25) is 0 Å². The molecule has 8 aromatic rings. The van der Waals surface area contributed by atoms with Crippen LogP contribution in [0, 0.1) is 0 Å². The maximum Gasteiger partial charge on any atom is 0.138 e. The second-order valence-electron chi connectivity index (χ2n) is 13.6. The standard InChI is InChI=1S/C44H34N4/c1-44(2,3)31-23-30-24-33(27-31)48(32-15-8-5-9-16-32)41-22-12-21-38(46-41)36-19-10-17-34-35-18-11-20-37(43(35)47-42(34)36)40-26-29(25-39(30)45-40)28-13-6-4-7-14-28/h4-27,47H,1-3H3. The van der Waals surface area contributed by atoms with Gasteiger partial charge in [0.15, 0.2) is 0 Å². The third kappa shape index (κ3) is 4.68. The van der Waals surface area contributed by atoms with Gasteiger partial charge in [-0.1, -0.05) is 112 Å². The molecule has 1 aliphatic rings. The molecule has 1 N–H and O–H groups in total. The summed E-state index contributed by atoms with van der Waals surface area (Å²) in [5.74, 6) is 0.853. The summed E-state index contributed by atoms with van der Waals surface area (Å²) in [4.78, 5) is 16.9. The van der Waals surface area contributed by atoms with E-state index in [0.29, 0.717) is 0 Å². The summed E-state index contributed by atoms with van der Waals surface area (Å²) in [6.07, 6.45) is 0. The minimum absolute atomic E-state index is 0.104. The Labute approximate surface area is 280 Å². The van der Waals surface area contributed by atoms with Crippen molar-refractivity contribution < 1.29 is 0 Å². The third-order valence-corrected chi connectivity index (χ3v) is 9.47. The molecule has 48 heavy (non-hydrogen) atoms. The van der Waals surface area contributed by atoms with Crippen LogP contribution in [0.25, 0.3) is 66.7 Å². The van der Waals surface area contributed by atoms with Gasteiger partial charge in [-0.3, -0.25) is 4.90 Å². The Morgan fingerprint density at radius 3 is 1.83 bits per heavy atom. The van der Waals surface area contributed by atoms with Crippen LogP contribution in [0.5, 0.6) is 0 Å². The molecule has 230 valence electrons. The summed E-state index contributed by atoms with van der Waals surface area (Å²) in [7, 11) is 0. The van der Waals surface area contributed by atoms with E-state index < -0.39 is 0 Å². The number of nitrogens with zero attached hydrogens (tertiary/aromatic N) is 3. The van der Waals surface area contributed by atoms with Crippen molar-refractivity contribution in [2.75, 3.05) is 4.90 Å². The Bertz CT molecular complexity index is 2490. The van der Waals surface area contributed by atoms with Gasteiger partial charge in [0.1, 0.15) is 5.82 Å². The first-order valence-corrected chi connectivity index (χ1v) is 16.5. The molecule has 9 rings (SSSR count). The van der Waals surface area contributed by atoms with Gasteiger partial charge in [0.05, 0.1) is 28.1 Å². The fraction of sp³-hybridized carbons (Fsp3) is 0.0909. The van der Waals surface area contributed by atoms with Crippen molar-refractivity contribution in [2.45, 2.75) is 26.2 Å². The maximum atomic E-state index is 5.45. The molecule has 4 nitrogen and oxygen atoms in total. The molecule has 0 aliphatic carbocycles. The number of aromatic amines is 1. The zero-order valence-corrected chi connectivity index (χ0v) is 27.2. The SMILES string of the molecule is CC(C)(C)c1cc2cc(c1)N(c1ccccc1)c1cccc(n1)-c1cccc3c1[nH]c1c(cccc13)-c1cc(-c3ccccc3)cc-2n1. The van der Waals surface area contributed by atoms with Crippen LogP contribution in [0.15, 0.2) is 146 Å². The topological polar surface area (TPSA) is 44.8 Å². The summed E-state index contributed by atoms with van der Waals surface area (Å²) in [5.41, 5.74) is 13.6. The van der Waals surface area contributed by atoms with Crippen LogP contribution in [0.3, 0.4) is 0 Å². The van der Waals surface area contributed by atoms with Gasteiger partial charge in [0.25, 0.3) is 0 Å². The summed E-state index contributed by atoms with van der Waals surface area (Å²) in [6, 6.07) is 51.9. The van der Waals surface area contributed by atoms with Gasteiger partial charge < -0.3 is 4.98 Å². The Morgan fingerprint density at radius 2 is 1.12 bits per heavy atom. The number of hydrogen-bond donors (Lipinski definition) is 1. The van der Waals surface area contributed by atoms with Gasteiger partial charge in [-0.15, -0.1) is 0 Å². The molecule has 0 saturated carbocycles. The Morgan fingerprint density at radius 1 is 0.479 bits per heavy atom. The lowest BCUT2D eigenvalue weighted by Crippen LogP contribution is -2.16. The number of para-hydroxylation sites is 3. The molecule has 0 unspecified atom stereocenters. The number of aromatic nitrogens is 3. The number of anilines is 3. The van der Waals surface area contributed by atoms with Crippen LogP contribution in [-0.4, -0.2) is 15.0 Å². The van der Waals surface area contributed by atoms with Crippen LogP contribution in [0.4, 0.5) is 17.2 Å². The molecule has 8 bridgehead atoms. The molecule has 0 amide bonds. The van der Waals surface area contributed by atoms with Crippen molar-refractivity contribution in [2.24, 2.45) is 0 Å². The van der Waals surface area contributed by atoms with Gasteiger partial charge in [-0.05, 0) is 76.7 Å². The van der Waals surface area contributed by atoms with Gasteiger partial charge in [-0.25, -0.2) is 9.97 Å². The Balaban J connectivity index is 1.45. The van der Waals surface area contributed by atoms with Crippen molar-refractivity contribution in [1.29, 1.82) is 0 Å². The van der Waals surface area contributed by atoms with Gasteiger partial charge in [-0.2, -0.15) is 0 Å². The van der Waals surface area contributed by atoms with E-state index in [1.54, 1.807) is 0 Å². The van der Waals surface area contributed by atoms with E-state index in [4.69, 9.17) is 9.97 Å². The molecule has 4 heteroatoms. The molecule has 3 aromatic heterocycles. The number of benzene rings is 5. The first-order chi connectivity index (χ1) is 23.4. The fourth-order valence-electron chi connectivity index (χ4n) is 7.00. The van der Waals surface area contributed by atoms with E-state index in [1.165, 1.54) is 16.3 Å². The van der Waals surface area contributed by atoms with Crippen molar-refractivity contribution in [3.8, 4) is 44.9 Å². The van der Waals surface area contributed by atoms with E-state index in [2.05, 4.69) is 176 Å². The minimum Gasteiger partial charge on any atom is -0.353 e. The largest absolute Gasteiger partial charge is 0.353 e. The molecule has 5 aromatic carbocycles. The van der Waals surface area contributed by atoms with Gasteiger partial charge >= 0.3 is 0 Å². The lowest BCUT2D eigenvalue weighted by atomic mass is 9.85. The monoisotopic (exact) mass is 618 g/mol. The molecule has 0 spiro atoms. The number of pyridine rings is 2. The predicted molar refractivity (Wildman–Crippen MR) is 200 cm³/mol. The molecular weight excluding hydrogens is 585 g/mol. The first kappa shape index (κ1) is 28.2. The molecule has 0 fully saturated rings. The van der Waals surface area contributed by atoms with Crippen molar-refractivity contribution in [3.05, 3.63) is 151 Å². The Kier molecular flexibility index (Phi) is 6.34. The minimum atomic E-state index is -0.104. The van der Waals surface area contributed by atoms with Crippen molar-refractivity contribution in [1.82, 2.24) is 15.0 Å². The van der Waals surface area contributed by atoms with E-state index in [-0.39, 0.29) is 5.41 Å². The molecule has 4 heterocycles. The smallest absolute Gasteiger partial charge is 0.138 e. The average Bonchev–Trinajstić information content (AvgIpc) is 3.51. The highest BCUT2D eigenvalue weighted by atomic mass is 15.2. The number of nitrogens with one attached hydrogen (secondary N) is 1. The van der Waals surface area contributed by atoms with Crippen molar-refractivity contribution >= 4 is 39.0 Å². The second-order valence-corrected chi connectivity index (χ2v) is 13.6. The highest BCUT2D eigenvalue weighted by Gasteiger charge is 2.23. The number of hydrogen-bond acceptors (Lipinski definition) is 3. The summed E-state index contributed by atoms with van der Waals surface area (Å²) in [5, 5.41) is 2.34. The lowest BCUT2D eigenvalue weighted by Gasteiger charge is -2.28. The molecule has 0 radical (unpaired) electrons. The number of H-pyrrole nitrogens is 1. The van der Waals surface area contributed by atoms with E-state index in [9.17, 15) is 0 Å². The van der Waals surface area contributed by atoms with Crippen LogP contribution in [0.1, 0.15) is 26.3 Å². The molecule has 0 saturated heterocycles. The molecular formula is C44H34N4. The van der Waals surface area contributed by atoms with E-state index in [0.717, 1.165) is 73.1 Å². The average molecular weight is 619 g/mol. The van der Waals surface area contributed by atoms with Crippen LogP contribution < -0.4 is 4.90 Å². The summed E-state index contributed by atoms with van der Waals surface area (Å²) in [6.45, 7) is 6.81. The van der Waals surface area contributed by atoms with E-state index >= 15 is 0 Å². The normalized spacial score (nSPS) is 12.4. The zero-order valence-electron chi connectivity index (χ0n) is 27.2. The van der Waals surface area contributed by atoms with Crippen molar-refractivity contribution in [3.63, 3.8) is 0 Å². The second kappa shape index (κ2) is 10.8. The van der Waals surface area contributed by atoms with E-state index in [1.807, 2.05) is 0 Å². The first-order valence-electron chi connectivity index (χ1n) is 16.5. The summed E-state index contributed by atoms with van der Waals surface area (Å²) >= 11 is 0. The van der Waals surface area contributed by atoms with Crippen LogP contribution in [-0.2, 0) is 5.41 Å². The Hall–Kier alpha value is -6.00. The van der Waals surface area contributed by atoms with Gasteiger partial charge in [0, 0.05) is 38.8 Å². The predicted octanol–water partition coefficient (Wildman–Crippen LogP) is 11.9. The number of rotatable bonds is 2. The quantitative estimate of drug-likeness (QED) is 0.210. The van der Waals surface area contributed by atoms with Gasteiger partial charge in [0.2, 0.25) is 0 Å². The molecule has 0 atom stereocenters. The molecule has 1 aliphatic heterocycles. The highest BCUT2D eigenvalue weighted by Crippen LogP contribution is 2.43. The fourth-order valence-corrected chi connectivity index (χ4v) is 7.00. The zero-order chi connectivity index (χ0) is 32.4. The number of fused-ring (bicyclic) bond motifs is 10. The highest BCUT2D eigenvalue weighted by molar-refractivity contribution is 6.15. The van der Waals surface area contributed by atoms with Crippen LogP contribution >= 0.6 is 0 Å². The third-order valence-electron chi connectivity index (χ3n) is 9.47. The lowest BCUT2D eigenvalue weighted by molar-refractivity contribution is 0.590. The summed E-state index contributed by atoms with van der Waals surface area (Å²) < 4.78 is 0.